The summed E-state index contributed by atoms with van der Waals surface area (Å²) in [5.41, 5.74) is 11.6. The SMILES string of the molecule is Nc1ccc(N=NC2=IN([O-])C=CC=C2)c(N)n1. The van der Waals surface area contributed by atoms with Gasteiger partial charge in [-0.1, -0.05) is 6.08 Å². The molecule has 1 aromatic rings. The van der Waals surface area contributed by atoms with Crippen molar-refractivity contribution in [2.24, 2.45) is 10.2 Å². The van der Waals surface area contributed by atoms with Crippen molar-refractivity contribution in [3.05, 3.63) is 41.8 Å². The highest BCUT2D eigenvalue weighted by atomic mass is 127. The van der Waals surface area contributed by atoms with Gasteiger partial charge >= 0.3 is 0 Å². The number of allylic oxidation sites excluding steroid dienone is 2. The van der Waals surface area contributed by atoms with Gasteiger partial charge in [0.25, 0.3) is 0 Å². The summed E-state index contributed by atoms with van der Waals surface area (Å²) in [4.78, 5) is 3.87. The van der Waals surface area contributed by atoms with Crippen LogP contribution in [0.2, 0.25) is 0 Å². The van der Waals surface area contributed by atoms with E-state index in [1.54, 1.807) is 30.4 Å². The van der Waals surface area contributed by atoms with Gasteiger partial charge in [-0.3, -0.25) is 0 Å². The standard InChI is InChI=1S/C10H10IN6O/c12-9-5-4-7(10(13)14-9)15-16-8-3-1-2-6-17(18)11-8/h1-6H,(H4,12,13,14)/q-1. The van der Waals surface area contributed by atoms with Crippen LogP contribution in [0.15, 0.2) is 46.8 Å². The number of anilines is 2. The molecule has 7 nitrogen and oxygen atoms in total. The molecule has 0 saturated carbocycles. The second-order valence-electron chi connectivity index (χ2n) is 3.22. The normalized spacial score (nSPS) is 15.4. The Morgan fingerprint density at radius 2 is 2.06 bits per heavy atom. The van der Waals surface area contributed by atoms with Gasteiger partial charge in [0, 0.05) is 21.0 Å². The first-order valence-corrected chi connectivity index (χ1v) is 6.96. The molecule has 0 atom stereocenters. The number of halogens is 1. The number of rotatable bonds is 2. The summed E-state index contributed by atoms with van der Waals surface area (Å²) in [5.74, 6) is 0.545. The molecule has 0 aromatic carbocycles. The molecule has 0 aliphatic carbocycles. The first kappa shape index (κ1) is 12.6. The third-order valence-corrected chi connectivity index (χ3v) is 3.76. The fourth-order valence-corrected chi connectivity index (χ4v) is 2.52. The lowest BCUT2D eigenvalue weighted by atomic mass is 10.4. The quantitative estimate of drug-likeness (QED) is 0.478. The maximum Gasteiger partial charge on any atom is 0.153 e. The summed E-state index contributed by atoms with van der Waals surface area (Å²) in [6.45, 7) is 0. The van der Waals surface area contributed by atoms with Gasteiger partial charge in [-0.2, -0.15) is 0 Å². The van der Waals surface area contributed by atoms with Crippen LogP contribution < -0.4 is 11.5 Å². The van der Waals surface area contributed by atoms with Crippen molar-refractivity contribution in [3.63, 3.8) is 0 Å². The minimum atomic E-state index is -0.882. The average molecular weight is 357 g/mol. The molecule has 1 aliphatic heterocycles. The molecule has 0 unspecified atom stereocenters. The van der Waals surface area contributed by atoms with Gasteiger partial charge < -0.3 is 20.0 Å². The second kappa shape index (κ2) is 5.69. The van der Waals surface area contributed by atoms with Gasteiger partial charge in [0.1, 0.15) is 15.1 Å². The number of pyridine rings is 1. The third-order valence-electron chi connectivity index (χ3n) is 1.90. The summed E-state index contributed by atoms with van der Waals surface area (Å²) >= 11 is -0.882. The molecule has 0 radical (unpaired) electrons. The number of hydroxylamine groups is 1. The minimum absolute atomic E-state index is 0.215. The van der Waals surface area contributed by atoms with E-state index >= 15 is 0 Å². The molecule has 2 heterocycles. The number of aromatic nitrogens is 1. The minimum Gasteiger partial charge on any atom is -0.750 e. The number of nitrogens with zero attached hydrogens (tertiary/aromatic N) is 4. The van der Waals surface area contributed by atoms with Crippen molar-refractivity contribution in [2.45, 2.75) is 0 Å². The van der Waals surface area contributed by atoms with Crippen LogP contribution in [0.3, 0.4) is 0 Å². The van der Waals surface area contributed by atoms with Crippen molar-refractivity contribution >= 4 is 42.0 Å². The number of hydrogen-bond donors (Lipinski definition) is 2. The van der Waals surface area contributed by atoms with Crippen LogP contribution in [0.1, 0.15) is 0 Å². The van der Waals surface area contributed by atoms with Crippen molar-refractivity contribution in [1.29, 1.82) is 0 Å². The first-order valence-electron chi connectivity index (χ1n) is 4.92. The molecule has 2 rings (SSSR count). The molecular formula is C10H10IN6O-. The van der Waals surface area contributed by atoms with Crippen LogP contribution in [0.4, 0.5) is 17.3 Å². The Hall–Kier alpha value is -1.81. The van der Waals surface area contributed by atoms with Crippen molar-refractivity contribution < 1.29 is 0 Å². The Labute approximate surface area is 114 Å². The molecule has 1 aromatic heterocycles. The molecule has 94 valence electrons. The van der Waals surface area contributed by atoms with Crippen LogP contribution in [0.25, 0.3) is 0 Å². The molecule has 4 N–H and O–H groups in total. The average Bonchev–Trinajstić information content (AvgIpc) is 2.52. The van der Waals surface area contributed by atoms with Crippen molar-refractivity contribution in [3.8, 4) is 0 Å². The second-order valence-corrected chi connectivity index (χ2v) is 5.76. The van der Waals surface area contributed by atoms with Crippen molar-refractivity contribution in [2.75, 3.05) is 11.5 Å². The van der Waals surface area contributed by atoms with E-state index in [9.17, 15) is 5.21 Å². The van der Waals surface area contributed by atoms with Gasteiger partial charge in [-0.05, 0) is 30.5 Å². The van der Waals surface area contributed by atoms with E-state index < -0.39 is 21.0 Å². The Bertz CT molecular complexity index is 565. The summed E-state index contributed by atoms with van der Waals surface area (Å²) in [6, 6.07) is 3.22. The predicted molar refractivity (Wildman–Crippen MR) is 80.1 cm³/mol. The lowest BCUT2D eigenvalue weighted by Crippen LogP contribution is -1.95. The molecule has 0 amide bonds. The summed E-state index contributed by atoms with van der Waals surface area (Å²) in [7, 11) is 0. The maximum atomic E-state index is 11.3. The van der Waals surface area contributed by atoms with E-state index in [2.05, 4.69) is 15.2 Å². The van der Waals surface area contributed by atoms with E-state index in [4.69, 9.17) is 11.5 Å². The number of hydrogen-bond acceptors (Lipinski definition) is 7. The van der Waals surface area contributed by atoms with Gasteiger partial charge in [0.05, 0.1) is 0 Å². The van der Waals surface area contributed by atoms with Crippen LogP contribution >= 0.6 is 21.0 Å². The highest BCUT2D eigenvalue weighted by molar-refractivity contribution is 14.2. The Morgan fingerprint density at radius 1 is 1.22 bits per heavy atom. The zero-order valence-corrected chi connectivity index (χ0v) is 11.4. The monoisotopic (exact) mass is 357 g/mol. The molecular weight excluding hydrogens is 347 g/mol. The lowest BCUT2D eigenvalue weighted by molar-refractivity contribution is 0.928. The predicted octanol–water partition coefficient (Wildman–Crippen LogP) is 2.23. The molecule has 1 aliphatic rings. The van der Waals surface area contributed by atoms with E-state index in [0.29, 0.717) is 15.1 Å². The molecule has 0 spiro atoms. The number of nitrogen functional groups attached to an aromatic ring is 2. The molecule has 18 heavy (non-hydrogen) atoms. The van der Waals surface area contributed by atoms with Gasteiger partial charge in [0.2, 0.25) is 0 Å². The van der Waals surface area contributed by atoms with Gasteiger partial charge in [-0.15, -0.1) is 10.2 Å². The maximum absolute atomic E-state index is 11.3. The first-order chi connectivity index (χ1) is 8.65. The Kier molecular flexibility index (Phi) is 3.99. The fourth-order valence-electron chi connectivity index (χ4n) is 1.11. The summed E-state index contributed by atoms with van der Waals surface area (Å²) in [5, 5.41) is 19.3. The zero-order valence-electron chi connectivity index (χ0n) is 9.19. The third kappa shape index (κ3) is 3.34. The van der Waals surface area contributed by atoms with Crippen LogP contribution in [-0.4, -0.2) is 11.9 Å². The molecule has 0 saturated heterocycles. The Balaban J connectivity index is 2.20. The van der Waals surface area contributed by atoms with Crippen LogP contribution in [-0.2, 0) is 0 Å². The summed E-state index contributed by atoms with van der Waals surface area (Å²) in [6.07, 6.45) is 6.63. The van der Waals surface area contributed by atoms with E-state index in [-0.39, 0.29) is 5.82 Å². The zero-order chi connectivity index (χ0) is 13.0. The number of nitrogens with two attached hydrogens (primary N) is 2. The summed E-state index contributed by atoms with van der Waals surface area (Å²) < 4.78 is 1.52. The fraction of sp³-hybridized carbons (Fsp3) is 0. The molecule has 8 heteroatoms. The van der Waals surface area contributed by atoms with E-state index in [0.717, 1.165) is 3.28 Å². The van der Waals surface area contributed by atoms with Crippen molar-refractivity contribution in [1.82, 2.24) is 8.26 Å². The molecule has 0 bridgehead atoms. The molecule has 0 fully saturated rings. The lowest BCUT2D eigenvalue weighted by Gasteiger charge is -2.18. The van der Waals surface area contributed by atoms with E-state index in [1.165, 1.54) is 6.20 Å². The van der Waals surface area contributed by atoms with Crippen LogP contribution in [0, 0.1) is 5.21 Å². The van der Waals surface area contributed by atoms with Gasteiger partial charge in [0.15, 0.2) is 5.82 Å². The highest BCUT2D eigenvalue weighted by Crippen LogP contribution is 2.22. The highest BCUT2D eigenvalue weighted by Gasteiger charge is 2.00. The smallest absolute Gasteiger partial charge is 0.153 e. The van der Waals surface area contributed by atoms with Gasteiger partial charge in [-0.25, -0.2) is 4.98 Å². The topological polar surface area (TPSA) is 116 Å². The Morgan fingerprint density at radius 3 is 2.83 bits per heavy atom. The largest absolute Gasteiger partial charge is 0.750 e. The van der Waals surface area contributed by atoms with E-state index in [1.807, 2.05) is 0 Å². The number of azo groups is 1. The van der Waals surface area contributed by atoms with Crippen LogP contribution in [0.5, 0.6) is 0 Å².